The Bertz CT molecular complexity index is 1230. The molecule has 3 atom stereocenters. The lowest BCUT2D eigenvalue weighted by atomic mass is 10.0. The molecule has 0 spiro atoms. The first-order valence-corrected chi connectivity index (χ1v) is 26.8. The summed E-state index contributed by atoms with van der Waals surface area (Å²) >= 11 is 0. The Morgan fingerprint density at radius 1 is 0.469 bits per heavy atom. The fourth-order valence-electron chi connectivity index (χ4n) is 7.67. The van der Waals surface area contributed by atoms with E-state index in [2.05, 4.69) is 105 Å². The van der Waals surface area contributed by atoms with E-state index in [1.807, 2.05) is 6.08 Å². The number of nitrogens with one attached hydrogen (secondary N) is 1. The Kier molecular flexibility index (Phi) is 48.7. The lowest BCUT2D eigenvalue weighted by molar-refractivity contribution is -0.150. The Morgan fingerprint density at radius 2 is 0.859 bits per heavy atom. The predicted molar refractivity (Wildman–Crippen MR) is 278 cm³/mol. The highest BCUT2D eigenvalue weighted by Gasteiger charge is 2.24. The van der Waals surface area contributed by atoms with Gasteiger partial charge in [-0.15, -0.1) is 0 Å². The van der Waals surface area contributed by atoms with Crippen molar-refractivity contribution in [3.63, 3.8) is 0 Å². The zero-order chi connectivity index (χ0) is 46.7. The molecule has 0 fully saturated rings. The molecular formula is C58H101NO5. The molecule has 0 heterocycles. The quantitative estimate of drug-likeness (QED) is 0.0321. The summed E-state index contributed by atoms with van der Waals surface area (Å²) in [5.74, 6) is -0.595. The minimum atomic E-state index is -0.807. The van der Waals surface area contributed by atoms with E-state index in [4.69, 9.17) is 4.74 Å². The van der Waals surface area contributed by atoms with Gasteiger partial charge in [0, 0.05) is 6.42 Å². The monoisotopic (exact) mass is 892 g/mol. The van der Waals surface area contributed by atoms with Crippen molar-refractivity contribution in [1.82, 2.24) is 5.32 Å². The number of carbonyl (C=O) groups is 2. The predicted octanol–water partition coefficient (Wildman–Crippen LogP) is 16.3. The van der Waals surface area contributed by atoms with Crippen LogP contribution >= 0.6 is 0 Å². The maximum atomic E-state index is 13.2. The zero-order valence-corrected chi connectivity index (χ0v) is 41.9. The number of hydrogen-bond donors (Lipinski definition) is 3. The number of aliphatic hydroxyl groups is 2. The van der Waals surface area contributed by atoms with Gasteiger partial charge in [0.1, 0.15) is 6.10 Å². The van der Waals surface area contributed by atoms with Crippen LogP contribution in [0.2, 0.25) is 0 Å². The van der Waals surface area contributed by atoms with E-state index in [0.717, 1.165) is 89.9 Å². The molecule has 0 aromatic heterocycles. The van der Waals surface area contributed by atoms with Gasteiger partial charge in [0.15, 0.2) is 0 Å². The topological polar surface area (TPSA) is 95.9 Å². The van der Waals surface area contributed by atoms with E-state index in [1.165, 1.54) is 103 Å². The molecule has 0 aromatic carbocycles. The van der Waals surface area contributed by atoms with Gasteiger partial charge < -0.3 is 20.3 Å². The SMILES string of the molecule is CC/C=C\C/C=C\C/C=C\C/C=C\C/C=C\C/C=C\CCC(=O)OC(CCCCC/C=C\CCCC)CC(=O)NC(CO)C(O)CCCCCCCCCCCCCCCCCCC. The van der Waals surface area contributed by atoms with Gasteiger partial charge in [-0.05, 0) is 83.5 Å². The molecule has 3 unspecified atom stereocenters. The molecule has 0 saturated carbocycles. The number of rotatable bonds is 47. The van der Waals surface area contributed by atoms with Crippen LogP contribution < -0.4 is 5.32 Å². The molecular weight excluding hydrogens is 791 g/mol. The van der Waals surface area contributed by atoms with Gasteiger partial charge in [-0.3, -0.25) is 9.59 Å². The van der Waals surface area contributed by atoms with Crippen molar-refractivity contribution in [1.29, 1.82) is 0 Å². The molecule has 3 N–H and O–H groups in total. The van der Waals surface area contributed by atoms with E-state index in [-0.39, 0.29) is 31.3 Å². The third-order valence-electron chi connectivity index (χ3n) is 11.7. The first kappa shape index (κ1) is 61.0. The molecule has 0 aromatic rings. The smallest absolute Gasteiger partial charge is 0.306 e. The largest absolute Gasteiger partial charge is 0.462 e. The second kappa shape index (κ2) is 51.0. The van der Waals surface area contributed by atoms with Crippen LogP contribution in [-0.2, 0) is 14.3 Å². The summed E-state index contributed by atoms with van der Waals surface area (Å²) in [6.07, 6.45) is 66.6. The molecule has 6 nitrogen and oxygen atoms in total. The van der Waals surface area contributed by atoms with E-state index < -0.39 is 18.2 Å². The highest BCUT2D eigenvalue weighted by atomic mass is 16.5. The molecule has 368 valence electrons. The Balaban J connectivity index is 4.54. The van der Waals surface area contributed by atoms with Crippen molar-refractivity contribution in [2.45, 2.75) is 264 Å². The summed E-state index contributed by atoms with van der Waals surface area (Å²) in [5.41, 5.74) is 0. The summed E-state index contributed by atoms with van der Waals surface area (Å²) in [4.78, 5) is 26.1. The number of aliphatic hydroxyl groups excluding tert-OH is 2. The first-order chi connectivity index (χ1) is 31.5. The van der Waals surface area contributed by atoms with Crippen LogP contribution in [0.4, 0.5) is 0 Å². The van der Waals surface area contributed by atoms with Crippen molar-refractivity contribution < 1.29 is 24.5 Å². The maximum absolute atomic E-state index is 13.2. The van der Waals surface area contributed by atoms with E-state index >= 15 is 0 Å². The van der Waals surface area contributed by atoms with Gasteiger partial charge in [0.25, 0.3) is 0 Å². The average molecular weight is 892 g/mol. The standard InChI is InChI=1S/C58H101NO5/c1-4-7-10-13-16-19-21-23-25-27-28-30-32-34-36-39-42-45-48-51-58(63)64-54(49-46-43-40-37-18-15-12-9-6-3)52-57(62)59-55(53-60)56(61)50-47-44-41-38-35-33-31-29-26-24-22-20-17-14-11-8-5-2/h7,10,15-16,18-19,23,25,28,30,34,36,42,45,54-56,60-61H,4-6,8-9,11-14,17,20-22,24,26-27,29,31-33,35,37-41,43-44,46-53H2,1-3H3,(H,59,62)/b10-7-,18-15-,19-16-,25-23-,30-28-,36-34-,45-42-. The molecule has 64 heavy (non-hydrogen) atoms. The van der Waals surface area contributed by atoms with E-state index in [1.54, 1.807) is 0 Å². The lowest BCUT2D eigenvalue weighted by Gasteiger charge is -2.24. The first-order valence-electron chi connectivity index (χ1n) is 26.8. The fourth-order valence-corrected chi connectivity index (χ4v) is 7.67. The zero-order valence-electron chi connectivity index (χ0n) is 41.9. The minimum Gasteiger partial charge on any atom is -0.462 e. The highest BCUT2D eigenvalue weighted by molar-refractivity contribution is 5.77. The molecule has 0 rings (SSSR count). The van der Waals surface area contributed by atoms with Crippen LogP contribution in [0.25, 0.3) is 0 Å². The van der Waals surface area contributed by atoms with Crippen LogP contribution in [-0.4, -0.2) is 46.9 Å². The lowest BCUT2D eigenvalue weighted by Crippen LogP contribution is -2.46. The number of amides is 1. The van der Waals surface area contributed by atoms with Crippen LogP contribution in [0.15, 0.2) is 85.1 Å². The fraction of sp³-hybridized carbons (Fsp3) is 0.724. The van der Waals surface area contributed by atoms with E-state index in [9.17, 15) is 19.8 Å². The van der Waals surface area contributed by atoms with Gasteiger partial charge >= 0.3 is 5.97 Å². The normalized spacial score (nSPS) is 13.9. The second-order valence-corrected chi connectivity index (χ2v) is 17.9. The van der Waals surface area contributed by atoms with Crippen LogP contribution in [0.1, 0.15) is 245 Å². The Morgan fingerprint density at radius 3 is 1.33 bits per heavy atom. The van der Waals surface area contributed by atoms with Crippen LogP contribution in [0.5, 0.6) is 0 Å². The Labute approximate surface area is 395 Å². The molecule has 0 radical (unpaired) electrons. The molecule has 0 saturated heterocycles. The number of hydrogen-bond acceptors (Lipinski definition) is 5. The maximum Gasteiger partial charge on any atom is 0.306 e. The summed E-state index contributed by atoms with van der Waals surface area (Å²) in [5, 5.41) is 23.8. The number of allylic oxidation sites excluding steroid dienone is 14. The van der Waals surface area contributed by atoms with Gasteiger partial charge in [-0.1, -0.05) is 234 Å². The Hall–Kier alpha value is -2.96. The van der Waals surface area contributed by atoms with Crippen molar-refractivity contribution >= 4 is 11.9 Å². The molecule has 0 bridgehead atoms. The number of esters is 1. The molecule has 1 amide bonds. The van der Waals surface area contributed by atoms with Crippen molar-refractivity contribution in [2.24, 2.45) is 0 Å². The summed E-state index contributed by atoms with van der Waals surface area (Å²) in [6.45, 7) is 6.31. The van der Waals surface area contributed by atoms with Gasteiger partial charge in [0.05, 0.1) is 25.2 Å². The van der Waals surface area contributed by atoms with Gasteiger partial charge in [-0.25, -0.2) is 0 Å². The average Bonchev–Trinajstić information content (AvgIpc) is 3.29. The molecule has 0 aliphatic heterocycles. The second-order valence-electron chi connectivity index (χ2n) is 17.9. The van der Waals surface area contributed by atoms with E-state index in [0.29, 0.717) is 19.3 Å². The highest BCUT2D eigenvalue weighted by Crippen LogP contribution is 2.17. The van der Waals surface area contributed by atoms with Crippen molar-refractivity contribution in [2.75, 3.05) is 6.61 Å². The third-order valence-corrected chi connectivity index (χ3v) is 11.7. The summed E-state index contributed by atoms with van der Waals surface area (Å²) in [6, 6.07) is -0.725. The van der Waals surface area contributed by atoms with Crippen molar-refractivity contribution in [3.05, 3.63) is 85.1 Å². The number of carbonyl (C=O) groups excluding carboxylic acids is 2. The van der Waals surface area contributed by atoms with Gasteiger partial charge in [0.2, 0.25) is 5.91 Å². The number of unbranched alkanes of at least 4 members (excludes halogenated alkanes) is 21. The van der Waals surface area contributed by atoms with Crippen molar-refractivity contribution in [3.8, 4) is 0 Å². The molecule has 0 aliphatic rings. The number of ether oxygens (including phenoxy) is 1. The molecule has 6 heteroatoms. The van der Waals surface area contributed by atoms with Crippen LogP contribution in [0, 0.1) is 0 Å². The van der Waals surface area contributed by atoms with Crippen LogP contribution in [0.3, 0.4) is 0 Å². The minimum absolute atomic E-state index is 0.0327. The van der Waals surface area contributed by atoms with Gasteiger partial charge in [-0.2, -0.15) is 0 Å². The molecule has 0 aliphatic carbocycles. The third kappa shape index (κ3) is 45.6. The summed E-state index contributed by atoms with van der Waals surface area (Å²) < 4.78 is 5.87. The summed E-state index contributed by atoms with van der Waals surface area (Å²) in [7, 11) is 0.